The number of aliphatic hydroxyl groups excluding tert-OH is 2. The molecule has 2 unspecified atom stereocenters. The van der Waals surface area contributed by atoms with E-state index in [0.717, 1.165) is 6.92 Å². The maximum Gasteiger partial charge on any atom is 0.310 e. The van der Waals surface area contributed by atoms with E-state index in [1.54, 1.807) is 33.1 Å². The summed E-state index contributed by atoms with van der Waals surface area (Å²) in [6, 6.07) is 1.75. The zero-order chi connectivity index (χ0) is 37.2. The third kappa shape index (κ3) is 4.21. The van der Waals surface area contributed by atoms with Gasteiger partial charge in [-0.1, -0.05) is 27.7 Å². The molecule has 2 saturated heterocycles. The number of rotatable bonds is 7. The first-order chi connectivity index (χ1) is 23.9. The number of ether oxygens (including phenoxy) is 6. The number of Topliss-reactive ketones (excluding diaryl/α,β-unsaturated/α-hetero) is 1. The van der Waals surface area contributed by atoms with Crippen molar-refractivity contribution < 1.29 is 67.0 Å². The van der Waals surface area contributed by atoms with Gasteiger partial charge in [0.15, 0.2) is 24.1 Å². The van der Waals surface area contributed by atoms with E-state index < -0.39 is 124 Å². The molecule has 0 amide bonds. The van der Waals surface area contributed by atoms with Crippen LogP contribution in [0.25, 0.3) is 0 Å². The molecule has 1 spiro atoms. The summed E-state index contributed by atoms with van der Waals surface area (Å²) in [5.41, 5.74) is -6.29. The fourth-order valence-corrected chi connectivity index (χ4v) is 12.1. The summed E-state index contributed by atoms with van der Waals surface area (Å²) in [4.78, 5) is 67.1. The minimum atomic E-state index is -1.66. The largest absolute Gasteiger partial charge is 0.472 e. The van der Waals surface area contributed by atoms with E-state index in [1.807, 2.05) is 13.8 Å². The molecule has 0 radical (unpaired) electrons. The summed E-state index contributed by atoms with van der Waals surface area (Å²) in [5, 5.41) is 24.9. The number of esters is 4. The second-order valence-corrected chi connectivity index (χ2v) is 16.3. The number of hydrogen-bond acceptors (Lipinski definition) is 14. The first kappa shape index (κ1) is 36.0. The molecular weight excluding hydrogens is 668 g/mol. The Balaban J connectivity index is 1.45. The number of carbonyl (C=O) groups excluding carboxylic acids is 5. The molecule has 3 heterocycles. The van der Waals surface area contributed by atoms with E-state index >= 15 is 4.79 Å². The summed E-state index contributed by atoms with van der Waals surface area (Å²) in [6.07, 6.45) is -5.30. The zero-order valence-corrected chi connectivity index (χ0v) is 30.2. The molecule has 14 heteroatoms. The molecule has 7 rings (SSSR count). The lowest BCUT2D eigenvalue weighted by Gasteiger charge is -2.81. The van der Waals surface area contributed by atoms with Gasteiger partial charge in [-0.15, -0.1) is 0 Å². The number of aliphatic hydroxyl groups is 2. The lowest BCUT2D eigenvalue weighted by atomic mass is 9.30. The molecule has 1 aromatic heterocycles. The number of hydrogen-bond donors (Lipinski definition) is 2. The molecule has 1 aromatic rings. The standard InChI is InChI=1S/C37H48O14/c1-9-16(2)31(44)50-32-33(6)22-13-24-35(8)27(36(22,15-46-32)28(43)26(47-17(3)38)30(33)49-19(5)40)25(42)29(48-18(4)39)34(7)21(20-10-11-45-14-20)12-23(41)37(34,35)51-24/h10-11,14,16,21-24,26-30,32,41,43H,9,12-13,15H2,1-8H3/t16?,21-,22-,23+,24+,26+,27-,28-,29-,30+,32?,33+,34+,35+,36-,37-/m0/s1. The zero-order valence-electron chi connectivity index (χ0n) is 30.2. The van der Waals surface area contributed by atoms with Crippen LogP contribution >= 0.6 is 0 Å². The minimum absolute atomic E-state index is 0.168. The Bertz CT molecular complexity index is 1640. The van der Waals surface area contributed by atoms with Gasteiger partial charge in [0.25, 0.3) is 0 Å². The third-order valence-electron chi connectivity index (χ3n) is 14.2. The first-order valence-corrected chi connectivity index (χ1v) is 17.8. The van der Waals surface area contributed by atoms with Gasteiger partial charge in [-0.3, -0.25) is 24.0 Å². The molecule has 0 aromatic carbocycles. The van der Waals surface area contributed by atoms with Crippen molar-refractivity contribution in [2.24, 2.45) is 39.4 Å². The fourth-order valence-electron chi connectivity index (χ4n) is 12.1. The minimum Gasteiger partial charge on any atom is -0.472 e. The van der Waals surface area contributed by atoms with Crippen LogP contribution in [0.15, 0.2) is 23.0 Å². The van der Waals surface area contributed by atoms with Gasteiger partial charge in [0, 0.05) is 43.4 Å². The summed E-state index contributed by atoms with van der Waals surface area (Å²) < 4.78 is 42.5. The molecule has 14 nitrogen and oxygen atoms in total. The molecular formula is C37H48O14. The highest BCUT2D eigenvalue weighted by molar-refractivity contribution is 5.93. The Morgan fingerprint density at radius 1 is 0.961 bits per heavy atom. The number of carbonyl (C=O) groups is 5. The Hall–Kier alpha value is -3.33. The van der Waals surface area contributed by atoms with Crippen molar-refractivity contribution in [1.29, 1.82) is 0 Å². The van der Waals surface area contributed by atoms with Crippen LogP contribution in [0.1, 0.15) is 86.1 Å². The molecule has 2 bridgehead atoms. The van der Waals surface area contributed by atoms with Gasteiger partial charge in [-0.25, -0.2) is 0 Å². The van der Waals surface area contributed by atoms with E-state index in [9.17, 15) is 29.4 Å². The highest BCUT2D eigenvalue weighted by Crippen LogP contribution is 2.82. The van der Waals surface area contributed by atoms with Crippen molar-refractivity contribution in [3.8, 4) is 0 Å². The summed E-state index contributed by atoms with van der Waals surface area (Å²) in [7, 11) is 0. The first-order valence-electron chi connectivity index (χ1n) is 17.8. The van der Waals surface area contributed by atoms with E-state index in [2.05, 4.69) is 0 Å². The summed E-state index contributed by atoms with van der Waals surface area (Å²) in [5.74, 6) is -6.33. The lowest BCUT2D eigenvalue weighted by molar-refractivity contribution is -0.463. The SMILES string of the molecule is CCC(C)C(=O)OC1OC[C@@]23[C@H]4C(=O)[C@H](OC(C)=O)[C@@]5(C)[C@H](c6ccoc6)C[C@@H](O)[C@]56O[C@H](C[C@H]2[C@]1(C)[C@H](OC(C)=O)[C@H](OC(C)=O)[C@@H]3O)[C@]46C. The average molecular weight is 717 g/mol. The predicted molar refractivity (Wildman–Crippen MR) is 171 cm³/mol. The van der Waals surface area contributed by atoms with Crippen LogP contribution in [0.4, 0.5) is 0 Å². The van der Waals surface area contributed by atoms with Crippen molar-refractivity contribution in [2.45, 2.75) is 129 Å². The highest BCUT2D eigenvalue weighted by atomic mass is 16.7. The molecule has 16 atom stereocenters. The van der Waals surface area contributed by atoms with Gasteiger partial charge in [0.2, 0.25) is 6.29 Å². The topological polar surface area (TPSA) is 194 Å². The van der Waals surface area contributed by atoms with Gasteiger partial charge in [-0.05, 0) is 43.7 Å². The maximum atomic E-state index is 15.5. The Morgan fingerprint density at radius 3 is 2.22 bits per heavy atom. The maximum absolute atomic E-state index is 15.5. The Kier molecular flexibility index (Phi) is 8.19. The normalized spacial score (nSPS) is 48.2. The monoisotopic (exact) mass is 716 g/mol. The molecule has 2 aliphatic heterocycles. The van der Waals surface area contributed by atoms with Crippen molar-refractivity contribution in [3.63, 3.8) is 0 Å². The molecule has 6 aliphatic rings. The highest BCUT2D eigenvalue weighted by Gasteiger charge is 2.92. The van der Waals surface area contributed by atoms with Crippen LogP contribution in [0.5, 0.6) is 0 Å². The van der Waals surface area contributed by atoms with Crippen LogP contribution in [0, 0.1) is 39.4 Å². The van der Waals surface area contributed by atoms with Crippen LogP contribution in [-0.2, 0) is 52.4 Å². The van der Waals surface area contributed by atoms with Gasteiger partial charge >= 0.3 is 23.9 Å². The van der Waals surface area contributed by atoms with Gasteiger partial charge in [-0.2, -0.15) is 0 Å². The van der Waals surface area contributed by atoms with Gasteiger partial charge in [0.05, 0.1) is 48.1 Å². The number of furan rings is 1. The van der Waals surface area contributed by atoms with E-state index in [0.29, 0.717) is 12.0 Å². The van der Waals surface area contributed by atoms with Gasteiger partial charge in [0.1, 0.15) is 11.7 Å². The second kappa shape index (κ2) is 11.6. The van der Waals surface area contributed by atoms with Crippen molar-refractivity contribution >= 4 is 29.7 Å². The van der Waals surface area contributed by atoms with E-state index in [-0.39, 0.29) is 19.4 Å². The smallest absolute Gasteiger partial charge is 0.310 e. The van der Waals surface area contributed by atoms with Crippen LogP contribution in [0.3, 0.4) is 0 Å². The summed E-state index contributed by atoms with van der Waals surface area (Å²) >= 11 is 0. The van der Waals surface area contributed by atoms with E-state index in [4.69, 9.17) is 32.8 Å². The van der Waals surface area contributed by atoms with Crippen LogP contribution in [0.2, 0.25) is 0 Å². The predicted octanol–water partition coefficient (Wildman–Crippen LogP) is 2.60. The van der Waals surface area contributed by atoms with E-state index in [1.165, 1.54) is 20.1 Å². The van der Waals surface area contributed by atoms with Crippen molar-refractivity contribution in [3.05, 3.63) is 24.2 Å². The second-order valence-electron chi connectivity index (χ2n) is 16.3. The third-order valence-corrected chi connectivity index (χ3v) is 14.2. The van der Waals surface area contributed by atoms with Gasteiger partial charge < -0.3 is 43.1 Å². The number of ketones is 1. The van der Waals surface area contributed by atoms with Crippen molar-refractivity contribution in [2.75, 3.05) is 6.61 Å². The molecule has 4 saturated carbocycles. The quantitative estimate of drug-likeness (QED) is 0.309. The molecule has 6 fully saturated rings. The Morgan fingerprint density at radius 2 is 1.63 bits per heavy atom. The Labute approximate surface area is 295 Å². The van der Waals surface area contributed by atoms with Crippen LogP contribution < -0.4 is 0 Å². The fraction of sp³-hybridized carbons (Fsp3) is 0.757. The molecule has 2 N–H and O–H groups in total. The lowest BCUT2D eigenvalue weighted by Crippen LogP contribution is -2.92. The summed E-state index contributed by atoms with van der Waals surface area (Å²) in [6.45, 7) is 12.1. The van der Waals surface area contributed by atoms with Crippen LogP contribution in [-0.4, -0.2) is 95.0 Å². The van der Waals surface area contributed by atoms with Crippen molar-refractivity contribution in [1.82, 2.24) is 0 Å². The molecule has 51 heavy (non-hydrogen) atoms. The average Bonchev–Trinajstić information content (AvgIpc) is 3.67. The molecule has 4 aliphatic carbocycles. The molecule has 280 valence electrons.